The van der Waals surface area contributed by atoms with E-state index in [4.69, 9.17) is 10.5 Å². The second-order valence-electron chi connectivity index (χ2n) is 2.99. The van der Waals surface area contributed by atoms with Gasteiger partial charge in [0.2, 0.25) is 0 Å². The molecule has 0 amide bonds. The van der Waals surface area contributed by atoms with Crippen LogP contribution >= 0.6 is 0 Å². The second-order valence-corrected chi connectivity index (χ2v) is 2.99. The van der Waals surface area contributed by atoms with Crippen molar-refractivity contribution in [3.05, 3.63) is 30.4 Å². The van der Waals surface area contributed by atoms with Crippen LogP contribution in [0, 0.1) is 0 Å². The summed E-state index contributed by atoms with van der Waals surface area (Å²) in [6, 6.07) is 2.04. The van der Waals surface area contributed by atoms with Gasteiger partial charge in [-0.1, -0.05) is 0 Å². The van der Waals surface area contributed by atoms with Crippen LogP contribution in [0.25, 0.3) is 0 Å². The van der Waals surface area contributed by atoms with Crippen molar-refractivity contribution in [1.82, 2.24) is 19.7 Å². The number of nitrogens with two attached hydrogens (primary N) is 1. The molecule has 0 fully saturated rings. The van der Waals surface area contributed by atoms with Crippen LogP contribution in [0.15, 0.2) is 24.8 Å². The van der Waals surface area contributed by atoms with E-state index in [1.165, 1.54) is 0 Å². The maximum Gasteiger partial charge on any atom is 0.340 e. The number of hydrogen-bond donors (Lipinski definition) is 1. The quantitative estimate of drug-likeness (QED) is 0.787. The lowest BCUT2D eigenvalue weighted by Crippen LogP contribution is -2.00. The maximum absolute atomic E-state index is 5.54. The van der Waals surface area contributed by atoms with E-state index in [0.29, 0.717) is 18.3 Å². The summed E-state index contributed by atoms with van der Waals surface area (Å²) in [5.41, 5.74) is 6.37. The Morgan fingerprint density at radius 2 is 2.40 bits per heavy atom. The van der Waals surface area contributed by atoms with Crippen molar-refractivity contribution in [2.75, 3.05) is 0 Å². The molecular weight excluding hydrogens is 194 g/mol. The molecule has 0 aliphatic heterocycles. The van der Waals surface area contributed by atoms with E-state index in [0.717, 1.165) is 5.56 Å². The van der Waals surface area contributed by atoms with Gasteiger partial charge >= 0.3 is 6.01 Å². The van der Waals surface area contributed by atoms with Crippen LogP contribution in [0.2, 0.25) is 0 Å². The monoisotopic (exact) mass is 205 g/mol. The van der Waals surface area contributed by atoms with Gasteiger partial charge in [0.15, 0.2) is 0 Å². The number of aryl methyl sites for hydroxylation is 1. The Hall–Kier alpha value is -1.95. The predicted octanol–water partition coefficient (Wildman–Crippen LogP) is 0.461. The zero-order chi connectivity index (χ0) is 10.7. The number of pyridine rings is 1. The molecule has 6 heteroatoms. The van der Waals surface area contributed by atoms with Gasteiger partial charge in [0.1, 0.15) is 12.1 Å². The number of nitrogens with zero attached hydrogens (tertiary/aromatic N) is 4. The Kier molecular flexibility index (Phi) is 2.59. The number of aromatic nitrogens is 4. The van der Waals surface area contributed by atoms with Crippen molar-refractivity contribution in [3.8, 4) is 11.8 Å². The van der Waals surface area contributed by atoms with Crippen molar-refractivity contribution in [2.24, 2.45) is 12.8 Å². The van der Waals surface area contributed by atoms with Crippen molar-refractivity contribution in [2.45, 2.75) is 6.54 Å². The molecule has 0 aliphatic carbocycles. The highest BCUT2D eigenvalue weighted by Crippen LogP contribution is 2.20. The lowest BCUT2D eigenvalue weighted by molar-refractivity contribution is 0.433. The van der Waals surface area contributed by atoms with Crippen molar-refractivity contribution >= 4 is 0 Å². The first-order chi connectivity index (χ1) is 7.29. The lowest BCUT2D eigenvalue weighted by Gasteiger charge is -2.04. The summed E-state index contributed by atoms with van der Waals surface area (Å²) >= 11 is 0. The van der Waals surface area contributed by atoms with E-state index in [1.54, 1.807) is 36.5 Å². The number of ether oxygens (including phenoxy) is 1. The molecule has 0 atom stereocenters. The van der Waals surface area contributed by atoms with Gasteiger partial charge in [-0.15, -0.1) is 5.10 Å². The smallest absolute Gasteiger partial charge is 0.340 e. The van der Waals surface area contributed by atoms with Crippen LogP contribution < -0.4 is 10.5 Å². The summed E-state index contributed by atoms with van der Waals surface area (Å²) in [5.74, 6) is 0.638. The van der Waals surface area contributed by atoms with Crippen molar-refractivity contribution in [1.29, 1.82) is 0 Å². The molecule has 2 rings (SSSR count). The number of hydrogen-bond acceptors (Lipinski definition) is 5. The van der Waals surface area contributed by atoms with Crippen LogP contribution in [-0.4, -0.2) is 19.7 Å². The Labute approximate surface area is 86.7 Å². The second kappa shape index (κ2) is 4.05. The Morgan fingerprint density at radius 1 is 1.53 bits per heavy atom. The topological polar surface area (TPSA) is 78.8 Å². The molecule has 0 saturated carbocycles. The Morgan fingerprint density at radius 3 is 3.07 bits per heavy atom. The Balaban J connectivity index is 2.23. The van der Waals surface area contributed by atoms with E-state index >= 15 is 0 Å². The first-order valence-corrected chi connectivity index (χ1v) is 4.46. The molecule has 0 aromatic carbocycles. The molecule has 2 heterocycles. The third-order valence-electron chi connectivity index (χ3n) is 1.86. The largest absolute Gasteiger partial charge is 0.423 e. The summed E-state index contributed by atoms with van der Waals surface area (Å²) < 4.78 is 7.03. The van der Waals surface area contributed by atoms with Gasteiger partial charge in [-0.3, -0.25) is 9.67 Å². The summed E-state index contributed by atoms with van der Waals surface area (Å²) in [5, 5.41) is 4.00. The van der Waals surface area contributed by atoms with Crippen LogP contribution in [-0.2, 0) is 13.6 Å². The minimum Gasteiger partial charge on any atom is -0.423 e. The van der Waals surface area contributed by atoms with Gasteiger partial charge in [0.25, 0.3) is 0 Å². The minimum atomic E-state index is 0.304. The highest BCUT2D eigenvalue weighted by molar-refractivity contribution is 5.31. The first kappa shape index (κ1) is 9.60. The average molecular weight is 205 g/mol. The summed E-state index contributed by atoms with van der Waals surface area (Å²) in [4.78, 5) is 7.91. The highest BCUT2D eigenvalue weighted by atomic mass is 16.5. The third-order valence-corrected chi connectivity index (χ3v) is 1.86. The molecule has 2 aromatic heterocycles. The lowest BCUT2D eigenvalue weighted by atomic mass is 10.2. The van der Waals surface area contributed by atoms with Gasteiger partial charge in [0, 0.05) is 31.5 Å². The van der Waals surface area contributed by atoms with Crippen LogP contribution in [0.5, 0.6) is 11.8 Å². The molecular formula is C9H11N5O. The van der Waals surface area contributed by atoms with Gasteiger partial charge < -0.3 is 10.5 Å². The average Bonchev–Trinajstić information content (AvgIpc) is 2.65. The van der Waals surface area contributed by atoms with Gasteiger partial charge in [-0.25, -0.2) is 0 Å². The SMILES string of the molecule is Cn1cnc(Oc2ccncc2CN)n1. The van der Waals surface area contributed by atoms with E-state index in [2.05, 4.69) is 15.1 Å². The molecule has 6 nitrogen and oxygen atoms in total. The molecule has 0 saturated heterocycles. The molecule has 2 N–H and O–H groups in total. The molecule has 0 radical (unpaired) electrons. The predicted molar refractivity (Wildman–Crippen MR) is 53.2 cm³/mol. The fraction of sp³-hybridized carbons (Fsp3) is 0.222. The Bertz CT molecular complexity index is 453. The standard InChI is InChI=1S/C9H11N5O/c1-14-6-12-9(13-14)15-8-2-3-11-5-7(8)4-10/h2-3,5-6H,4,10H2,1H3. The van der Waals surface area contributed by atoms with Crippen LogP contribution in [0.1, 0.15) is 5.56 Å². The molecule has 15 heavy (non-hydrogen) atoms. The number of rotatable bonds is 3. The van der Waals surface area contributed by atoms with E-state index in [-0.39, 0.29) is 0 Å². The molecule has 2 aromatic rings. The molecule has 0 spiro atoms. The molecule has 78 valence electrons. The summed E-state index contributed by atoms with van der Waals surface area (Å²) in [7, 11) is 1.77. The van der Waals surface area contributed by atoms with E-state index in [1.807, 2.05) is 0 Å². The zero-order valence-corrected chi connectivity index (χ0v) is 8.29. The first-order valence-electron chi connectivity index (χ1n) is 4.46. The summed E-state index contributed by atoms with van der Waals surface area (Å²) in [6.45, 7) is 0.371. The van der Waals surface area contributed by atoms with Gasteiger partial charge in [-0.2, -0.15) is 4.98 Å². The van der Waals surface area contributed by atoms with E-state index < -0.39 is 0 Å². The fourth-order valence-corrected chi connectivity index (χ4v) is 1.13. The molecule has 0 unspecified atom stereocenters. The molecule has 0 bridgehead atoms. The van der Waals surface area contributed by atoms with Crippen LogP contribution in [0.3, 0.4) is 0 Å². The van der Waals surface area contributed by atoms with Gasteiger partial charge in [-0.05, 0) is 6.07 Å². The zero-order valence-electron chi connectivity index (χ0n) is 8.29. The van der Waals surface area contributed by atoms with Crippen molar-refractivity contribution in [3.63, 3.8) is 0 Å². The summed E-state index contributed by atoms with van der Waals surface area (Å²) in [6.07, 6.45) is 4.87. The van der Waals surface area contributed by atoms with Gasteiger partial charge in [0.05, 0.1) is 0 Å². The highest BCUT2D eigenvalue weighted by Gasteiger charge is 2.05. The fourth-order valence-electron chi connectivity index (χ4n) is 1.13. The molecule has 0 aliphatic rings. The normalized spacial score (nSPS) is 10.3. The minimum absolute atomic E-state index is 0.304. The maximum atomic E-state index is 5.54. The van der Waals surface area contributed by atoms with Crippen molar-refractivity contribution < 1.29 is 4.74 Å². The third kappa shape index (κ3) is 2.10. The van der Waals surface area contributed by atoms with Crippen LogP contribution in [0.4, 0.5) is 0 Å². The van der Waals surface area contributed by atoms with E-state index in [9.17, 15) is 0 Å².